The van der Waals surface area contributed by atoms with E-state index in [0.717, 1.165) is 5.56 Å². The van der Waals surface area contributed by atoms with Gasteiger partial charge in [-0.15, -0.1) is 0 Å². The van der Waals surface area contributed by atoms with Gasteiger partial charge in [0.15, 0.2) is 6.10 Å². The Kier molecular flexibility index (Phi) is 4.61. The van der Waals surface area contributed by atoms with Crippen LogP contribution in [0.2, 0.25) is 0 Å². The molecule has 130 valence electrons. The number of hydrogen-bond donors (Lipinski definition) is 1. The third-order valence-corrected chi connectivity index (χ3v) is 4.00. The molecule has 0 saturated carbocycles. The molecular formula is C19H20N2O4. The van der Waals surface area contributed by atoms with E-state index in [1.165, 1.54) is 4.90 Å². The van der Waals surface area contributed by atoms with E-state index in [0.29, 0.717) is 22.9 Å². The first-order chi connectivity index (χ1) is 12.0. The summed E-state index contributed by atoms with van der Waals surface area (Å²) in [6.45, 7) is 3.51. The summed E-state index contributed by atoms with van der Waals surface area (Å²) in [6, 6.07) is 12.7. The molecule has 0 fully saturated rings. The van der Waals surface area contributed by atoms with Gasteiger partial charge in [-0.25, -0.2) is 0 Å². The molecule has 0 aromatic heterocycles. The van der Waals surface area contributed by atoms with Crippen molar-refractivity contribution in [2.45, 2.75) is 20.0 Å². The van der Waals surface area contributed by atoms with Crippen molar-refractivity contribution >= 4 is 23.2 Å². The van der Waals surface area contributed by atoms with Gasteiger partial charge in [-0.2, -0.15) is 0 Å². The monoisotopic (exact) mass is 340 g/mol. The van der Waals surface area contributed by atoms with Gasteiger partial charge in [0.1, 0.15) is 18.0 Å². The first kappa shape index (κ1) is 16.8. The van der Waals surface area contributed by atoms with E-state index in [-0.39, 0.29) is 18.4 Å². The molecule has 25 heavy (non-hydrogen) atoms. The van der Waals surface area contributed by atoms with Crippen LogP contribution in [-0.4, -0.2) is 31.6 Å². The van der Waals surface area contributed by atoms with Crippen molar-refractivity contribution in [1.82, 2.24) is 0 Å². The number of benzene rings is 2. The van der Waals surface area contributed by atoms with Crippen LogP contribution in [0, 0.1) is 6.92 Å². The zero-order valence-corrected chi connectivity index (χ0v) is 14.4. The van der Waals surface area contributed by atoms with Crippen molar-refractivity contribution in [3.63, 3.8) is 0 Å². The smallest absolute Gasteiger partial charge is 0.268 e. The first-order valence-electron chi connectivity index (χ1n) is 8.01. The van der Waals surface area contributed by atoms with Gasteiger partial charge >= 0.3 is 0 Å². The number of anilines is 2. The zero-order valence-electron chi connectivity index (χ0n) is 14.4. The van der Waals surface area contributed by atoms with Crippen LogP contribution in [0.15, 0.2) is 42.5 Å². The Morgan fingerprint density at radius 2 is 2.04 bits per heavy atom. The van der Waals surface area contributed by atoms with Gasteiger partial charge < -0.3 is 14.8 Å². The van der Waals surface area contributed by atoms with Gasteiger partial charge in [0.05, 0.1) is 18.5 Å². The number of fused-ring (bicyclic) bond motifs is 1. The summed E-state index contributed by atoms with van der Waals surface area (Å²) in [7, 11) is 1.55. The normalized spacial score (nSPS) is 16.0. The van der Waals surface area contributed by atoms with E-state index in [1.54, 1.807) is 38.3 Å². The van der Waals surface area contributed by atoms with Crippen LogP contribution < -0.4 is 19.7 Å². The largest absolute Gasteiger partial charge is 0.495 e. The summed E-state index contributed by atoms with van der Waals surface area (Å²) in [5, 5.41) is 2.82. The number of rotatable bonds is 4. The highest BCUT2D eigenvalue weighted by Crippen LogP contribution is 2.33. The molecule has 6 heteroatoms. The lowest BCUT2D eigenvalue weighted by atomic mass is 10.2. The molecule has 6 nitrogen and oxygen atoms in total. The summed E-state index contributed by atoms with van der Waals surface area (Å²) in [5.74, 6) is 0.614. The van der Waals surface area contributed by atoms with Crippen molar-refractivity contribution in [3.8, 4) is 11.5 Å². The fourth-order valence-corrected chi connectivity index (χ4v) is 2.77. The van der Waals surface area contributed by atoms with E-state index in [9.17, 15) is 9.59 Å². The Morgan fingerprint density at radius 3 is 2.80 bits per heavy atom. The molecule has 1 aliphatic heterocycles. The first-order valence-corrected chi connectivity index (χ1v) is 8.01. The molecule has 0 saturated heterocycles. The molecule has 1 unspecified atom stereocenters. The van der Waals surface area contributed by atoms with Crippen molar-refractivity contribution in [2.24, 2.45) is 0 Å². The standard InChI is InChI=1S/C19H20N2O4/c1-12-8-9-16(24-3)14(10-12)20-18(22)11-21-15-6-4-5-7-17(15)25-13(2)19(21)23/h4-10,13H,11H2,1-3H3,(H,20,22). The van der Waals surface area contributed by atoms with Gasteiger partial charge in [-0.05, 0) is 43.7 Å². The van der Waals surface area contributed by atoms with E-state index < -0.39 is 6.10 Å². The molecule has 1 aliphatic rings. The molecule has 0 spiro atoms. The minimum Gasteiger partial charge on any atom is -0.495 e. The van der Waals surface area contributed by atoms with Crippen molar-refractivity contribution in [3.05, 3.63) is 48.0 Å². The summed E-state index contributed by atoms with van der Waals surface area (Å²) in [6.07, 6.45) is -0.629. The lowest BCUT2D eigenvalue weighted by Gasteiger charge is -2.32. The molecule has 2 amide bonds. The van der Waals surface area contributed by atoms with E-state index >= 15 is 0 Å². The fraction of sp³-hybridized carbons (Fsp3) is 0.263. The molecule has 0 bridgehead atoms. The summed E-state index contributed by atoms with van der Waals surface area (Å²) >= 11 is 0. The average molecular weight is 340 g/mol. The number of carbonyl (C=O) groups is 2. The number of hydrogen-bond acceptors (Lipinski definition) is 4. The Labute approximate surface area is 146 Å². The highest BCUT2D eigenvalue weighted by Gasteiger charge is 2.32. The number of nitrogens with one attached hydrogen (secondary N) is 1. The van der Waals surface area contributed by atoms with Crippen LogP contribution >= 0.6 is 0 Å². The Hall–Kier alpha value is -3.02. The predicted molar refractivity (Wildman–Crippen MR) is 95.2 cm³/mol. The van der Waals surface area contributed by atoms with Crippen LogP contribution in [0.1, 0.15) is 12.5 Å². The Bertz CT molecular complexity index is 819. The number of para-hydroxylation sites is 2. The molecule has 2 aromatic carbocycles. The maximum Gasteiger partial charge on any atom is 0.268 e. The van der Waals surface area contributed by atoms with Crippen LogP contribution in [-0.2, 0) is 9.59 Å². The minimum absolute atomic E-state index is 0.0966. The molecule has 0 aliphatic carbocycles. The van der Waals surface area contributed by atoms with Gasteiger partial charge in [0, 0.05) is 0 Å². The number of carbonyl (C=O) groups excluding carboxylic acids is 2. The second-order valence-electron chi connectivity index (χ2n) is 5.90. The number of aryl methyl sites for hydroxylation is 1. The minimum atomic E-state index is -0.629. The Morgan fingerprint density at radius 1 is 1.28 bits per heavy atom. The summed E-state index contributed by atoms with van der Waals surface area (Å²) < 4.78 is 10.9. The highest BCUT2D eigenvalue weighted by molar-refractivity contribution is 6.06. The number of amides is 2. The average Bonchev–Trinajstić information content (AvgIpc) is 2.59. The molecule has 3 rings (SSSR count). The quantitative estimate of drug-likeness (QED) is 0.929. The Balaban J connectivity index is 1.81. The van der Waals surface area contributed by atoms with E-state index in [1.807, 2.05) is 25.1 Å². The molecule has 1 atom stereocenters. The van der Waals surface area contributed by atoms with Crippen LogP contribution in [0.25, 0.3) is 0 Å². The van der Waals surface area contributed by atoms with E-state index in [4.69, 9.17) is 9.47 Å². The van der Waals surface area contributed by atoms with Crippen molar-refractivity contribution < 1.29 is 19.1 Å². The van der Waals surface area contributed by atoms with E-state index in [2.05, 4.69) is 5.32 Å². The molecule has 1 heterocycles. The lowest BCUT2D eigenvalue weighted by molar-refractivity contribution is -0.127. The van der Waals surface area contributed by atoms with Crippen molar-refractivity contribution in [1.29, 1.82) is 0 Å². The zero-order chi connectivity index (χ0) is 18.0. The number of nitrogens with zero attached hydrogens (tertiary/aromatic N) is 1. The summed E-state index contributed by atoms with van der Waals surface area (Å²) in [5.41, 5.74) is 2.17. The van der Waals surface area contributed by atoms with Gasteiger partial charge in [-0.1, -0.05) is 18.2 Å². The van der Waals surface area contributed by atoms with Gasteiger partial charge in [0.25, 0.3) is 5.91 Å². The third kappa shape index (κ3) is 3.42. The number of ether oxygens (including phenoxy) is 2. The molecule has 2 aromatic rings. The maximum absolute atomic E-state index is 12.5. The fourth-order valence-electron chi connectivity index (χ4n) is 2.77. The SMILES string of the molecule is COc1ccc(C)cc1NC(=O)CN1C(=O)C(C)Oc2ccccc21. The molecule has 0 radical (unpaired) electrons. The van der Waals surface area contributed by atoms with Gasteiger partial charge in [0.2, 0.25) is 5.91 Å². The third-order valence-electron chi connectivity index (χ3n) is 4.00. The molecular weight excluding hydrogens is 320 g/mol. The second-order valence-corrected chi connectivity index (χ2v) is 5.90. The molecule has 1 N–H and O–H groups in total. The lowest BCUT2D eigenvalue weighted by Crippen LogP contribution is -2.47. The van der Waals surface area contributed by atoms with Crippen LogP contribution in [0.4, 0.5) is 11.4 Å². The van der Waals surface area contributed by atoms with Crippen molar-refractivity contribution in [2.75, 3.05) is 23.9 Å². The predicted octanol–water partition coefficient (Wildman–Crippen LogP) is 2.76. The second kappa shape index (κ2) is 6.84. The van der Waals surface area contributed by atoms with Gasteiger partial charge in [-0.3, -0.25) is 14.5 Å². The highest BCUT2D eigenvalue weighted by atomic mass is 16.5. The van der Waals surface area contributed by atoms with Crippen LogP contribution in [0.5, 0.6) is 11.5 Å². The maximum atomic E-state index is 12.5. The van der Waals surface area contributed by atoms with Crippen LogP contribution in [0.3, 0.4) is 0 Å². The number of methoxy groups -OCH3 is 1. The summed E-state index contributed by atoms with van der Waals surface area (Å²) in [4.78, 5) is 26.4. The topological polar surface area (TPSA) is 67.9 Å².